The quantitative estimate of drug-likeness (QED) is 0.747. The number of halogens is 1. The van der Waals surface area contributed by atoms with Crippen LogP contribution < -0.4 is 10.6 Å². The number of amides is 1. The average molecular weight is 253 g/mol. The molecule has 4 nitrogen and oxygen atoms in total. The Labute approximate surface area is 107 Å². The van der Waals surface area contributed by atoms with Gasteiger partial charge in [0.05, 0.1) is 6.54 Å². The molecule has 0 heterocycles. The molecule has 2 N–H and O–H groups in total. The Hall–Kier alpha value is -1.46. The summed E-state index contributed by atoms with van der Waals surface area (Å²) in [5.74, 6) is -0.391. The van der Waals surface area contributed by atoms with E-state index >= 15 is 0 Å². The maximum absolute atomic E-state index is 13.3. The second kappa shape index (κ2) is 7.79. The summed E-state index contributed by atoms with van der Waals surface area (Å²) in [6, 6.07) is 6.44. The third-order valence-corrected chi connectivity index (χ3v) is 2.59. The van der Waals surface area contributed by atoms with Crippen molar-refractivity contribution in [3.8, 4) is 0 Å². The van der Waals surface area contributed by atoms with Crippen molar-refractivity contribution in [2.45, 2.75) is 6.54 Å². The van der Waals surface area contributed by atoms with Gasteiger partial charge in [0.1, 0.15) is 5.82 Å². The fraction of sp³-hybridized carbons (Fsp3) is 0.462. The van der Waals surface area contributed by atoms with Gasteiger partial charge in [-0.3, -0.25) is 9.69 Å². The van der Waals surface area contributed by atoms with Crippen LogP contribution in [0.15, 0.2) is 24.3 Å². The lowest BCUT2D eigenvalue weighted by Crippen LogP contribution is -2.37. The molecule has 1 aromatic carbocycles. The molecule has 0 fully saturated rings. The predicted octanol–water partition coefficient (Wildman–Crippen LogP) is 0.593. The van der Waals surface area contributed by atoms with E-state index in [1.807, 2.05) is 19.0 Å². The maximum Gasteiger partial charge on any atom is 0.234 e. The molecule has 0 bridgehead atoms. The lowest BCUT2D eigenvalue weighted by Gasteiger charge is -2.15. The van der Waals surface area contributed by atoms with E-state index in [9.17, 15) is 9.18 Å². The molecule has 0 radical (unpaired) electrons. The van der Waals surface area contributed by atoms with Crippen LogP contribution in [0.1, 0.15) is 5.56 Å². The Kier molecular flexibility index (Phi) is 6.32. The summed E-state index contributed by atoms with van der Waals surface area (Å²) in [5, 5.41) is 5.72. The van der Waals surface area contributed by atoms with Gasteiger partial charge in [-0.1, -0.05) is 18.2 Å². The molecule has 0 atom stereocenters. The third kappa shape index (κ3) is 5.25. The van der Waals surface area contributed by atoms with E-state index in [2.05, 4.69) is 10.6 Å². The van der Waals surface area contributed by atoms with Crippen LogP contribution in [-0.4, -0.2) is 44.5 Å². The van der Waals surface area contributed by atoms with Gasteiger partial charge in [0.25, 0.3) is 0 Å². The van der Waals surface area contributed by atoms with Crippen LogP contribution in [0.3, 0.4) is 0 Å². The van der Waals surface area contributed by atoms with Crippen molar-refractivity contribution in [1.82, 2.24) is 15.5 Å². The molecule has 1 aromatic rings. The predicted molar refractivity (Wildman–Crippen MR) is 69.7 cm³/mol. The van der Waals surface area contributed by atoms with Crippen LogP contribution >= 0.6 is 0 Å². The number of hydrogen-bond acceptors (Lipinski definition) is 3. The first-order valence-corrected chi connectivity index (χ1v) is 5.96. The van der Waals surface area contributed by atoms with Crippen LogP contribution in [-0.2, 0) is 11.3 Å². The van der Waals surface area contributed by atoms with Gasteiger partial charge in [-0.05, 0) is 20.2 Å². The van der Waals surface area contributed by atoms with Gasteiger partial charge in [0.15, 0.2) is 0 Å². The number of nitrogens with zero attached hydrogens (tertiary/aromatic N) is 1. The Balaban J connectivity index is 2.31. The summed E-state index contributed by atoms with van der Waals surface area (Å²) in [6.45, 7) is 2.17. The fourth-order valence-electron chi connectivity index (χ4n) is 1.52. The summed E-state index contributed by atoms with van der Waals surface area (Å²) in [6.07, 6.45) is 0. The molecule has 0 aliphatic heterocycles. The summed E-state index contributed by atoms with van der Waals surface area (Å²) in [5.41, 5.74) is 0.503. The highest BCUT2D eigenvalue weighted by atomic mass is 19.1. The lowest BCUT2D eigenvalue weighted by molar-refractivity contribution is -0.122. The fourth-order valence-corrected chi connectivity index (χ4v) is 1.52. The molecule has 5 heteroatoms. The normalized spacial score (nSPS) is 10.7. The van der Waals surface area contributed by atoms with Gasteiger partial charge < -0.3 is 10.6 Å². The highest BCUT2D eigenvalue weighted by Crippen LogP contribution is 2.05. The third-order valence-electron chi connectivity index (χ3n) is 2.59. The van der Waals surface area contributed by atoms with Crippen molar-refractivity contribution in [1.29, 1.82) is 0 Å². The summed E-state index contributed by atoms with van der Waals surface area (Å²) < 4.78 is 13.3. The van der Waals surface area contributed by atoms with Crippen molar-refractivity contribution in [2.24, 2.45) is 0 Å². The van der Waals surface area contributed by atoms with E-state index in [1.54, 1.807) is 18.2 Å². The van der Waals surface area contributed by atoms with Crippen LogP contribution in [0.4, 0.5) is 4.39 Å². The zero-order chi connectivity index (χ0) is 13.4. The lowest BCUT2D eigenvalue weighted by atomic mass is 10.2. The van der Waals surface area contributed by atoms with Crippen molar-refractivity contribution in [3.05, 3.63) is 35.6 Å². The van der Waals surface area contributed by atoms with Crippen molar-refractivity contribution in [2.75, 3.05) is 33.7 Å². The molecule has 0 spiro atoms. The van der Waals surface area contributed by atoms with E-state index in [-0.39, 0.29) is 18.3 Å². The SMILES string of the molecule is CNCCN(C)CC(=O)NCc1ccccc1F. The van der Waals surface area contributed by atoms with Crippen molar-refractivity contribution < 1.29 is 9.18 Å². The minimum atomic E-state index is -0.290. The number of likely N-dealkylation sites (N-methyl/N-ethyl adjacent to an activating group) is 2. The second-order valence-electron chi connectivity index (χ2n) is 4.21. The topological polar surface area (TPSA) is 44.4 Å². The number of benzene rings is 1. The minimum Gasteiger partial charge on any atom is -0.351 e. The largest absolute Gasteiger partial charge is 0.351 e. The Bertz CT molecular complexity index is 384. The van der Waals surface area contributed by atoms with Gasteiger partial charge in [-0.25, -0.2) is 4.39 Å². The summed E-state index contributed by atoms with van der Waals surface area (Å²) >= 11 is 0. The van der Waals surface area contributed by atoms with Crippen LogP contribution in [0, 0.1) is 5.82 Å². The monoisotopic (exact) mass is 253 g/mol. The highest BCUT2D eigenvalue weighted by molar-refractivity contribution is 5.77. The van der Waals surface area contributed by atoms with Gasteiger partial charge in [0, 0.05) is 25.2 Å². The van der Waals surface area contributed by atoms with E-state index in [4.69, 9.17) is 0 Å². The smallest absolute Gasteiger partial charge is 0.234 e. The van der Waals surface area contributed by atoms with E-state index in [0.29, 0.717) is 12.1 Å². The zero-order valence-corrected chi connectivity index (χ0v) is 10.9. The van der Waals surface area contributed by atoms with Crippen molar-refractivity contribution in [3.63, 3.8) is 0 Å². The molecule has 0 saturated heterocycles. The minimum absolute atomic E-state index is 0.100. The molecule has 100 valence electrons. The van der Waals surface area contributed by atoms with Crippen molar-refractivity contribution >= 4 is 5.91 Å². The first kappa shape index (κ1) is 14.6. The molecular weight excluding hydrogens is 233 g/mol. The maximum atomic E-state index is 13.3. The molecule has 1 rings (SSSR count). The second-order valence-corrected chi connectivity index (χ2v) is 4.21. The molecular formula is C13H20FN3O. The molecule has 0 saturated carbocycles. The van der Waals surface area contributed by atoms with Crippen LogP contribution in [0.5, 0.6) is 0 Å². The molecule has 0 aliphatic carbocycles. The van der Waals surface area contributed by atoms with Gasteiger partial charge in [-0.2, -0.15) is 0 Å². The highest BCUT2D eigenvalue weighted by Gasteiger charge is 2.07. The standard InChI is InChI=1S/C13H20FN3O/c1-15-7-8-17(2)10-13(18)16-9-11-5-3-4-6-12(11)14/h3-6,15H,7-10H2,1-2H3,(H,16,18). The van der Waals surface area contributed by atoms with Gasteiger partial charge in [-0.15, -0.1) is 0 Å². The van der Waals surface area contributed by atoms with Gasteiger partial charge >= 0.3 is 0 Å². The Morgan fingerprint density at radius 3 is 2.78 bits per heavy atom. The number of carbonyl (C=O) groups is 1. The molecule has 18 heavy (non-hydrogen) atoms. The number of carbonyl (C=O) groups excluding carboxylic acids is 1. The van der Waals surface area contributed by atoms with E-state index < -0.39 is 0 Å². The number of hydrogen-bond donors (Lipinski definition) is 2. The van der Waals surface area contributed by atoms with Crippen LogP contribution in [0.25, 0.3) is 0 Å². The number of nitrogens with one attached hydrogen (secondary N) is 2. The van der Waals surface area contributed by atoms with E-state index in [1.165, 1.54) is 6.07 Å². The van der Waals surface area contributed by atoms with E-state index in [0.717, 1.165) is 13.1 Å². The summed E-state index contributed by atoms with van der Waals surface area (Å²) in [7, 11) is 3.74. The van der Waals surface area contributed by atoms with Crippen LogP contribution in [0.2, 0.25) is 0 Å². The Morgan fingerprint density at radius 2 is 2.11 bits per heavy atom. The molecule has 0 unspecified atom stereocenters. The first-order valence-electron chi connectivity index (χ1n) is 5.96. The summed E-state index contributed by atoms with van der Waals surface area (Å²) in [4.78, 5) is 13.5. The molecule has 0 aliphatic rings. The van der Waals surface area contributed by atoms with Gasteiger partial charge in [0.2, 0.25) is 5.91 Å². The Morgan fingerprint density at radius 1 is 1.39 bits per heavy atom. The molecule has 1 amide bonds. The first-order chi connectivity index (χ1) is 8.63. The average Bonchev–Trinajstić information content (AvgIpc) is 2.35. The zero-order valence-electron chi connectivity index (χ0n) is 10.9. The molecule has 0 aromatic heterocycles. The number of rotatable bonds is 7.